The van der Waals surface area contributed by atoms with Crippen LogP contribution in [0.2, 0.25) is 0 Å². The van der Waals surface area contributed by atoms with Crippen molar-refractivity contribution >= 4 is 5.95 Å². The molecule has 0 radical (unpaired) electrons. The number of H-pyrrole nitrogens is 1. The van der Waals surface area contributed by atoms with Crippen molar-refractivity contribution in [3.63, 3.8) is 0 Å². The Hall–Kier alpha value is -1.36. The largest absolute Gasteiger partial charge is 0.356 e. The molecule has 5 heteroatoms. The predicted octanol–water partition coefficient (Wildman–Crippen LogP) is 1.19. The summed E-state index contributed by atoms with van der Waals surface area (Å²) < 4.78 is 0. The zero-order valence-corrected chi connectivity index (χ0v) is 10.8. The first kappa shape index (κ1) is 13.1. The van der Waals surface area contributed by atoms with Gasteiger partial charge in [-0.1, -0.05) is 12.8 Å². The van der Waals surface area contributed by atoms with Gasteiger partial charge in [0.05, 0.1) is 5.69 Å². The molecule has 0 spiro atoms. The van der Waals surface area contributed by atoms with Crippen LogP contribution in [0.15, 0.2) is 4.79 Å². The lowest BCUT2D eigenvalue weighted by atomic mass is 10.2. The highest BCUT2D eigenvalue weighted by atomic mass is 16.1. The van der Waals surface area contributed by atoms with Crippen molar-refractivity contribution < 1.29 is 0 Å². The van der Waals surface area contributed by atoms with Crippen molar-refractivity contribution in [1.82, 2.24) is 9.97 Å². The summed E-state index contributed by atoms with van der Waals surface area (Å²) in [6.45, 7) is 1.62. The molecular weight excluding hydrogens is 228 g/mol. The number of hydrogen-bond acceptors (Lipinski definition) is 4. The van der Waals surface area contributed by atoms with E-state index in [9.17, 15) is 4.79 Å². The van der Waals surface area contributed by atoms with Crippen LogP contribution in [0.25, 0.3) is 0 Å². The van der Waals surface area contributed by atoms with Crippen LogP contribution in [0.5, 0.6) is 0 Å². The number of nitrogens with one attached hydrogen (secondary N) is 2. The highest BCUT2D eigenvalue weighted by molar-refractivity contribution is 5.31. The average Bonchev–Trinajstić information content (AvgIpc) is 2.82. The topological polar surface area (TPSA) is 83.8 Å². The number of nitrogens with two attached hydrogens (primary N) is 1. The molecule has 0 amide bonds. The zero-order valence-electron chi connectivity index (χ0n) is 10.8. The second-order valence-corrected chi connectivity index (χ2v) is 4.82. The molecule has 0 saturated heterocycles. The molecule has 18 heavy (non-hydrogen) atoms. The van der Waals surface area contributed by atoms with Crippen LogP contribution in [0.4, 0.5) is 5.95 Å². The maximum atomic E-state index is 11.8. The van der Waals surface area contributed by atoms with Crippen molar-refractivity contribution in [3.8, 4) is 0 Å². The predicted molar refractivity (Wildman–Crippen MR) is 72.9 cm³/mol. The highest BCUT2D eigenvalue weighted by Gasteiger charge is 2.16. The number of anilines is 1. The molecule has 0 bridgehead atoms. The Balaban J connectivity index is 1.80. The first-order chi connectivity index (χ1) is 8.81. The Morgan fingerprint density at radius 2 is 2.06 bits per heavy atom. The van der Waals surface area contributed by atoms with Crippen LogP contribution in [-0.4, -0.2) is 23.1 Å². The van der Waals surface area contributed by atoms with E-state index >= 15 is 0 Å². The van der Waals surface area contributed by atoms with Gasteiger partial charge in [-0.05, 0) is 38.6 Å². The van der Waals surface area contributed by atoms with Crippen LogP contribution < -0.4 is 16.6 Å². The number of aryl methyl sites for hydroxylation is 1. The number of nitrogens with zero attached hydrogens (tertiary/aromatic N) is 1. The SMILES string of the molecule is NCCCCCCNc1nc2c(c(=O)[nH]1)CCC2. The van der Waals surface area contributed by atoms with Gasteiger partial charge in [0, 0.05) is 12.1 Å². The quantitative estimate of drug-likeness (QED) is 0.635. The van der Waals surface area contributed by atoms with Gasteiger partial charge < -0.3 is 11.1 Å². The molecule has 0 aromatic carbocycles. The monoisotopic (exact) mass is 250 g/mol. The average molecular weight is 250 g/mol. The molecule has 4 N–H and O–H groups in total. The second kappa shape index (κ2) is 6.54. The van der Waals surface area contributed by atoms with Crippen molar-refractivity contribution in [2.45, 2.75) is 44.9 Å². The van der Waals surface area contributed by atoms with Gasteiger partial charge in [-0.3, -0.25) is 9.78 Å². The lowest BCUT2D eigenvalue weighted by Gasteiger charge is -2.06. The van der Waals surface area contributed by atoms with E-state index in [2.05, 4.69) is 15.3 Å². The second-order valence-electron chi connectivity index (χ2n) is 4.82. The summed E-state index contributed by atoms with van der Waals surface area (Å²) in [5.74, 6) is 0.625. The van der Waals surface area contributed by atoms with Gasteiger partial charge in [-0.2, -0.15) is 0 Å². The number of aromatic amines is 1. The van der Waals surface area contributed by atoms with Gasteiger partial charge in [0.15, 0.2) is 0 Å². The van der Waals surface area contributed by atoms with E-state index in [4.69, 9.17) is 5.73 Å². The van der Waals surface area contributed by atoms with Crippen molar-refractivity contribution in [2.24, 2.45) is 5.73 Å². The molecule has 0 atom stereocenters. The van der Waals surface area contributed by atoms with Gasteiger partial charge >= 0.3 is 0 Å². The smallest absolute Gasteiger partial charge is 0.255 e. The summed E-state index contributed by atoms with van der Waals surface area (Å²) in [6.07, 6.45) is 7.37. The van der Waals surface area contributed by atoms with Gasteiger partial charge in [-0.15, -0.1) is 0 Å². The van der Waals surface area contributed by atoms with Crippen LogP contribution in [-0.2, 0) is 12.8 Å². The molecular formula is C13H22N4O. The summed E-state index contributed by atoms with van der Waals surface area (Å²) in [7, 11) is 0. The zero-order chi connectivity index (χ0) is 12.8. The van der Waals surface area contributed by atoms with Gasteiger partial charge in [0.1, 0.15) is 0 Å². The third kappa shape index (κ3) is 3.32. The van der Waals surface area contributed by atoms with E-state index in [1.165, 1.54) is 12.8 Å². The molecule has 100 valence electrons. The number of aromatic nitrogens is 2. The normalized spacial score (nSPS) is 13.6. The molecule has 1 heterocycles. The van der Waals surface area contributed by atoms with Gasteiger partial charge in [0.2, 0.25) is 5.95 Å². The Bertz CT molecular complexity index is 441. The lowest BCUT2D eigenvalue weighted by Crippen LogP contribution is -2.18. The highest BCUT2D eigenvalue weighted by Crippen LogP contribution is 2.16. The number of rotatable bonds is 7. The van der Waals surface area contributed by atoms with Crippen LogP contribution in [0.1, 0.15) is 43.4 Å². The fraction of sp³-hybridized carbons (Fsp3) is 0.692. The fourth-order valence-electron chi connectivity index (χ4n) is 2.36. The Morgan fingerprint density at radius 1 is 1.22 bits per heavy atom. The van der Waals surface area contributed by atoms with Gasteiger partial charge in [0.25, 0.3) is 5.56 Å². The molecule has 1 aromatic rings. The third-order valence-corrected chi connectivity index (χ3v) is 3.36. The van der Waals surface area contributed by atoms with Gasteiger partial charge in [-0.25, -0.2) is 4.98 Å². The van der Waals surface area contributed by atoms with E-state index in [1.54, 1.807) is 0 Å². The molecule has 0 aliphatic heterocycles. The maximum absolute atomic E-state index is 11.8. The minimum Gasteiger partial charge on any atom is -0.356 e. The van der Waals surface area contributed by atoms with E-state index in [0.717, 1.165) is 56.5 Å². The Kier molecular flexibility index (Phi) is 4.75. The van der Waals surface area contributed by atoms with Crippen molar-refractivity contribution in [2.75, 3.05) is 18.4 Å². The fourth-order valence-corrected chi connectivity index (χ4v) is 2.36. The Labute approximate surface area is 107 Å². The summed E-state index contributed by atoms with van der Waals surface area (Å²) in [6, 6.07) is 0. The minimum atomic E-state index is 0.0307. The first-order valence-corrected chi connectivity index (χ1v) is 6.87. The summed E-state index contributed by atoms with van der Waals surface area (Å²) in [5.41, 5.74) is 7.32. The molecule has 1 aliphatic rings. The molecule has 0 saturated carbocycles. The molecule has 2 rings (SSSR count). The standard InChI is InChI=1S/C13H22N4O/c14-8-3-1-2-4-9-15-13-16-11-7-5-6-10(11)12(18)17-13/h1-9,14H2,(H2,15,16,17,18). The molecule has 5 nitrogen and oxygen atoms in total. The minimum absolute atomic E-state index is 0.0307. The van der Waals surface area contributed by atoms with E-state index in [0.29, 0.717) is 5.95 Å². The molecule has 1 aromatic heterocycles. The lowest BCUT2D eigenvalue weighted by molar-refractivity contribution is 0.660. The molecule has 0 fully saturated rings. The summed E-state index contributed by atoms with van der Waals surface area (Å²) in [4.78, 5) is 19.0. The van der Waals surface area contributed by atoms with Crippen LogP contribution in [0, 0.1) is 0 Å². The van der Waals surface area contributed by atoms with Crippen LogP contribution in [0.3, 0.4) is 0 Å². The van der Waals surface area contributed by atoms with E-state index in [1.807, 2.05) is 0 Å². The summed E-state index contributed by atoms with van der Waals surface area (Å²) in [5, 5.41) is 3.19. The van der Waals surface area contributed by atoms with E-state index in [-0.39, 0.29) is 5.56 Å². The van der Waals surface area contributed by atoms with Crippen LogP contribution >= 0.6 is 0 Å². The summed E-state index contributed by atoms with van der Waals surface area (Å²) >= 11 is 0. The Morgan fingerprint density at radius 3 is 2.89 bits per heavy atom. The molecule has 1 aliphatic carbocycles. The number of fused-ring (bicyclic) bond motifs is 1. The van der Waals surface area contributed by atoms with Crippen molar-refractivity contribution in [3.05, 3.63) is 21.6 Å². The van der Waals surface area contributed by atoms with E-state index < -0.39 is 0 Å². The third-order valence-electron chi connectivity index (χ3n) is 3.36. The number of unbranched alkanes of at least 4 members (excludes halogenated alkanes) is 3. The first-order valence-electron chi connectivity index (χ1n) is 6.87. The molecule has 0 unspecified atom stereocenters. The maximum Gasteiger partial charge on any atom is 0.255 e. The van der Waals surface area contributed by atoms with Crippen molar-refractivity contribution in [1.29, 1.82) is 0 Å². The number of hydrogen-bond donors (Lipinski definition) is 3.